The second kappa shape index (κ2) is 6.84. The molecule has 0 radical (unpaired) electrons. The van der Waals surface area contributed by atoms with Gasteiger partial charge in [0.05, 0.1) is 0 Å². The molecule has 0 bridgehead atoms. The summed E-state index contributed by atoms with van der Waals surface area (Å²) in [5.74, 6) is 0. The Kier molecular flexibility index (Phi) is 5.39. The summed E-state index contributed by atoms with van der Waals surface area (Å²) in [5, 5.41) is 4.05. The van der Waals surface area contributed by atoms with Crippen LogP contribution in [0.4, 0.5) is 0 Å². The number of nitrogens with one attached hydrogen (secondary N) is 1. The number of rotatable bonds is 4. The molecule has 2 nitrogen and oxygen atoms in total. The quantitative estimate of drug-likeness (QED) is 0.795. The molecule has 19 heavy (non-hydrogen) atoms. The van der Waals surface area contributed by atoms with E-state index in [4.69, 9.17) is 11.6 Å². The summed E-state index contributed by atoms with van der Waals surface area (Å²) >= 11 is 12.9. The number of pyridine rings is 1. The van der Waals surface area contributed by atoms with Gasteiger partial charge >= 0.3 is 0 Å². The van der Waals surface area contributed by atoms with E-state index in [-0.39, 0.29) is 6.04 Å². The van der Waals surface area contributed by atoms with Crippen LogP contribution in [0.5, 0.6) is 0 Å². The van der Waals surface area contributed by atoms with Crippen LogP contribution in [-0.2, 0) is 6.42 Å². The molecule has 2 aromatic rings. The van der Waals surface area contributed by atoms with Crippen molar-refractivity contribution in [2.75, 3.05) is 7.05 Å². The minimum absolute atomic E-state index is 0.195. The van der Waals surface area contributed by atoms with E-state index in [9.17, 15) is 0 Å². The first-order valence-electron chi connectivity index (χ1n) is 5.83. The highest BCUT2D eigenvalue weighted by Gasteiger charge is 2.14. The average molecular weight is 405 g/mol. The van der Waals surface area contributed by atoms with E-state index in [2.05, 4.69) is 42.2 Å². The average Bonchev–Trinajstić information content (AvgIpc) is 2.39. The van der Waals surface area contributed by atoms with Gasteiger partial charge in [0.15, 0.2) is 0 Å². The first kappa shape index (κ1) is 15.0. The molecule has 0 fully saturated rings. The number of hydrogen-bond donors (Lipinski definition) is 1. The van der Waals surface area contributed by atoms with Crippen LogP contribution in [0.1, 0.15) is 17.3 Å². The van der Waals surface area contributed by atoms with E-state index < -0.39 is 0 Å². The van der Waals surface area contributed by atoms with Crippen LogP contribution in [0.15, 0.2) is 45.5 Å². The number of benzene rings is 1. The van der Waals surface area contributed by atoms with Crippen molar-refractivity contribution in [3.8, 4) is 0 Å². The Morgan fingerprint density at radius 3 is 2.63 bits per heavy atom. The Morgan fingerprint density at radius 2 is 2.05 bits per heavy atom. The lowest BCUT2D eigenvalue weighted by Crippen LogP contribution is -2.19. The van der Waals surface area contributed by atoms with Crippen LogP contribution in [-0.4, -0.2) is 12.0 Å². The molecule has 5 heteroatoms. The van der Waals surface area contributed by atoms with E-state index in [0.29, 0.717) is 0 Å². The summed E-state index contributed by atoms with van der Waals surface area (Å²) in [6.07, 6.45) is 2.64. The summed E-state index contributed by atoms with van der Waals surface area (Å²) in [4.78, 5) is 4.41. The minimum atomic E-state index is 0.195. The third kappa shape index (κ3) is 4.02. The summed E-state index contributed by atoms with van der Waals surface area (Å²) in [6, 6.07) is 10.1. The number of nitrogens with zero attached hydrogens (tertiary/aromatic N) is 1. The molecule has 100 valence electrons. The maximum Gasteiger partial charge on any atom is 0.0423 e. The van der Waals surface area contributed by atoms with E-state index in [0.717, 1.165) is 26.1 Å². The fourth-order valence-corrected chi connectivity index (χ4v) is 3.08. The first-order valence-corrected chi connectivity index (χ1v) is 7.79. The van der Waals surface area contributed by atoms with E-state index >= 15 is 0 Å². The molecule has 1 aromatic heterocycles. The number of hydrogen-bond acceptors (Lipinski definition) is 2. The van der Waals surface area contributed by atoms with Gasteiger partial charge in [0.25, 0.3) is 0 Å². The zero-order valence-electron chi connectivity index (χ0n) is 10.3. The van der Waals surface area contributed by atoms with Crippen LogP contribution in [0, 0.1) is 0 Å². The van der Waals surface area contributed by atoms with Gasteiger partial charge in [-0.05, 0) is 52.8 Å². The van der Waals surface area contributed by atoms with Gasteiger partial charge in [-0.2, -0.15) is 0 Å². The highest BCUT2D eigenvalue weighted by molar-refractivity contribution is 9.10. The molecular formula is C14H13Br2ClN2. The maximum atomic E-state index is 5.97. The molecule has 0 aliphatic carbocycles. The summed E-state index contributed by atoms with van der Waals surface area (Å²) in [7, 11) is 1.95. The maximum absolute atomic E-state index is 5.97. The summed E-state index contributed by atoms with van der Waals surface area (Å²) in [5.41, 5.74) is 2.22. The molecule has 0 saturated carbocycles. The Hall–Kier alpha value is -0.420. The predicted molar refractivity (Wildman–Crippen MR) is 86.6 cm³/mol. The molecule has 0 saturated heterocycles. The highest BCUT2D eigenvalue weighted by Crippen LogP contribution is 2.28. The predicted octanol–water partition coefficient (Wildman–Crippen LogP) is 4.76. The molecule has 0 amide bonds. The van der Waals surface area contributed by atoms with Crippen molar-refractivity contribution < 1.29 is 0 Å². The number of aromatic nitrogens is 1. The van der Waals surface area contributed by atoms with Crippen LogP contribution in [0.3, 0.4) is 0 Å². The van der Waals surface area contributed by atoms with Crippen molar-refractivity contribution in [3.05, 3.63) is 61.8 Å². The molecule has 1 N–H and O–H groups in total. The van der Waals surface area contributed by atoms with Crippen LogP contribution >= 0.6 is 43.5 Å². The minimum Gasteiger partial charge on any atom is -0.313 e. The molecule has 0 aliphatic heterocycles. The van der Waals surface area contributed by atoms with Crippen molar-refractivity contribution in [2.45, 2.75) is 12.5 Å². The summed E-state index contributed by atoms with van der Waals surface area (Å²) < 4.78 is 2.00. The molecule has 1 aromatic carbocycles. The normalized spacial score (nSPS) is 12.4. The standard InChI is InChI=1S/C14H13Br2ClN2/c1-18-14(7-11-4-2-9(15)8-19-11)12-5-3-10(17)6-13(12)16/h2-6,8,14,18H,7H2,1H3. The zero-order valence-corrected chi connectivity index (χ0v) is 14.3. The fourth-order valence-electron chi connectivity index (χ4n) is 1.89. The lowest BCUT2D eigenvalue weighted by atomic mass is 10.0. The Bertz CT molecular complexity index is 558. The second-order valence-corrected chi connectivity index (χ2v) is 6.39. The zero-order chi connectivity index (χ0) is 13.8. The van der Waals surface area contributed by atoms with Gasteiger partial charge in [0.1, 0.15) is 0 Å². The van der Waals surface area contributed by atoms with Crippen LogP contribution in [0.25, 0.3) is 0 Å². The van der Waals surface area contributed by atoms with Crippen molar-refractivity contribution in [3.63, 3.8) is 0 Å². The van der Waals surface area contributed by atoms with Crippen LogP contribution in [0.2, 0.25) is 5.02 Å². The second-order valence-electron chi connectivity index (χ2n) is 4.18. The van der Waals surface area contributed by atoms with Gasteiger partial charge in [-0.3, -0.25) is 4.98 Å². The molecule has 2 rings (SSSR count). The van der Waals surface area contributed by atoms with E-state index in [1.54, 1.807) is 0 Å². The largest absolute Gasteiger partial charge is 0.313 e. The molecule has 1 heterocycles. The van der Waals surface area contributed by atoms with E-state index in [1.807, 2.05) is 43.6 Å². The lowest BCUT2D eigenvalue weighted by molar-refractivity contribution is 0.582. The number of halogens is 3. The van der Waals surface area contributed by atoms with Gasteiger partial charge in [-0.15, -0.1) is 0 Å². The molecule has 0 aliphatic rings. The topological polar surface area (TPSA) is 24.9 Å². The Balaban J connectivity index is 2.22. The van der Waals surface area contributed by atoms with Gasteiger partial charge in [-0.25, -0.2) is 0 Å². The van der Waals surface area contributed by atoms with Gasteiger partial charge in [0, 0.05) is 38.3 Å². The van der Waals surface area contributed by atoms with Gasteiger partial charge < -0.3 is 5.32 Å². The monoisotopic (exact) mass is 402 g/mol. The Morgan fingerprint density at radius 1 is 1.26 bits per heavy atom. The first-order chi connectivity index (χ1) is 9.10. The highest BCUT2D eigenvalue weighted by atomic mass is 79.9. The molecule has 1 unspecified atom stereocenters. The fraction of sp³-hybridized carbons (Fsp3) is 0.214. The van der Waals surface area contributed by atoms with Crippen LogP contribution < -0.4 is 5.32 Å². The summed E-state index contributed by atoms with van der Waals surface area (Å²) in [6.45, 7) is 0. The van der Waals surface area contributed by atoms with Crippen molar-refractivity contribution in [2.24, 2.45) is 0 Å². The van der Waals surface area contributed by atoms with Gasteiger partial charge in [-0.1, -0.05) is 33.6 Å². The SMILES string of the molecule is CNC(Cc1ccc(Br)cn1)c1ccc(Cl)cc1Br. The third-order valence-corrected chi connectivity index (χ3v) is 4.28. The van der Waals surface area contributed by atoms with Gasteiger partial charge in [0.2, 0.25) is 0 Å². The van der Waals surface area contributed by atoms with Crippen molar-refractivity contribution in [1.82, 2.24) is 10.3 Å². The molecule has 1 atom stereocenters. The molecular weight excluding hydrogens is 391 g/mol. The van der Waals surface area contributed by atoms with Crippen molar-refractivity contribution in [1.29, 1.82) is 0 Å². The van der Waals surface area contributed by atoms with Crippen molar-refractivity contribution >= 4 is 43.5 Å². The number of likely N-dealkylation sites (N-methyl/N-ethyl adjacent to an activating group) is 1. The third-order valence-electron chi connectivity index (χ3n) is 2.89. The molecule has 0 spiro atoms. The lowest BCUT2D eigenvalue weighted by Gasteiger charge is -2.18. The van der Waals surface area contributed by atoms with E-state index in [1.165, 1.54) is 5.56 Å². The smallest absolute Gasteiger partial charge is 0.0423 e. The Labute approximate surface area is 134 Å².